The Balaban J connectivity index is 1.57. The maximum atomic E-state index is 13.2. The van der Waals surface area contributed by atoms with Crippen LogP contribution in [0.15, 0.2) is 46.0 Å². The molecule has 2 fully saturated rings. The average Bonchev–Trinajstić information content (AvgIpc) is 3.28. The Morgan fingerprint density at radius 2 is 1.76 bits per heavy atom. The first kappa shape index (κ1) is 24.4. The van der Waals surface area contributed by atoms with Crippen molar-refractivity contribution >= 4 is 27.0 Å². The lowest BCUT2D eigenvalue weighted by atomic mass is 9.95. The number of benzene rings is 1. The van der Waals surface area contributed by atoms with Gasteiger partial charge in [0, 0.05) is 45.0 Å². The van der Waals surface area contributed by atoms with Crippen LogP contribution in [0.3, 0.4) is 0 Å². The molecule has 0 unspecified atom stereocenters. The summed E-state index contributed by atoms with van der Waals surface area (Å²) in [6.45, 7) is 3.03. The van der Waals surface area contributed by atoms with Crippen LogP contribution < -0.4 is 4.90 Å². The van der Waals surface area contributed by atoms with E-state index in [4.69, 9.17) is 0 Å². The third kappa shape index (κ3) is 4.77. The van der Waals surface area contributed by atoms with Crippen LogP contribution in [-0.2, 0) is 15.6 Å². The average molecular weight is 506 g/mol. The van der Waals surface area contributed by atoms with E-state index in [1.54, 1.807) is 17.5 Å². The molecule has 3 heterocycles. The van der Waals surface area contributed by atoms with Crippen molar-refractivity contribution in [1.82, 2.24) is 9.21 Å². The van der Waals surface area contributed by atoms with Gasteiger partial charge in [-0.05, 0) is 36.1 Å². The van der Waals surface area contributed by atoms with Crippen molar-refractivity contribution in [3.8, 4) is 0 Å². The van der Waals surface area contributed by atoms with Gasteiger partial charge in [-0.1, -0.05) is 18.2 Å². The summed E-state index contributed by atoms with van der Waals surface area (Å²) in [6.07, 6.45) is -5.21. The molecule has 0 aliphatic carbocycles. The Morgan fingerprint density at radius 3 is 2.30 bits per heavy atom. The highest BCUT2D eigenvalue weighted by Crippen LogP contribution is 2.39. The molecule has 182 valence electrons. The normalized spacial score (nSPS) is 23.3. The van der Waals surface area contributed by atoms with Gasteiger partial charge in [0.25, 0.3) is 10.0 Å². The number of nitrogens with zero attached hydrogens (tertiary/aromatic N) is 3. The van der Waals surface area contributed by atoms with Crippen LogP contribution >= 0.6 is 11.3 Å². The third-order valence-electron chi connectivity index (χ3n) is 6.25. The van der Waals surface area contributed by atoms with Crippen LogP contribution in [0.25, 0.3) is 0 Å². The fraction of sp³-hybridized carbons (Fsp3) is 0.524. The molecule has 2 aliphatic rings. The fourth-order valence-electron chi connectivity index (χ4n) is 4.21. The molecule has 1 aromatic heterocycles. The SMILES string of the molecule is C[C@@](O)(c1ccc(N2CCN(S(=O)(=O)c3cccs3)C[C@@H]2CN2CC(O)C2)cc1)C(F)(F)F. The summed E-state index contributed by atoms with van der Waals surface area (Å²) in [7, 11) is -3.64. The van der Waals surface area contributed by atoms with Gasteiger partial charge < -0.3 is 15.1 Å². The number of aliphatic hydroxyl groups is 2. The number of halogens is 3. The monoisotopic (exact) mass is 505 g/mol. The molecule has 2 saturated heterocycles. The Hall–Kier alpha value is -1.70. The maximum Gasteiger partial charge on any atom is 0.421 e. The van der Waals surface area contributed by atoms with E-state index in [2.05, 4.69) is 0 Å². The molecule has 4 rings (SSSR count). The van der Waals surface area contributed by atoms with Gasteiger partial charge in [-0.25, -0.2) is 8.42 Å². The van der Waals surface area contributed by atoms with Crippen molar-refractivity contribution in [1.29, 1.82) is 0 Å². The van der Waals surface area contributed by atoms with Crippen molar-refractivity contribution in [2.75, 3.05) is 44.2 Å². The Kier molecular flexibility index (Phi) is 6.53. The van der Waals surface area contributed by atoms with Crippen LogP contribution in [0.4, 0.5) is 18.9 Å². The minimum Gasteiger partial charge on any atom is -0.390 e. The number of sulfonamides is 1. The van der Waals surface area contributed by atoms with Crippen molar-refractivity contribution in [3.05, 3.63) is 47.3 Å². The van der Waals surface area contributed by atoms with Crippen LogP contribution in [0.1, 0.15) is 12.5 Å². The summed E-state index contributed by atoms with van der Waals surface area (Å²) >= 11 is 1.16. The van der Waals surface area contributed by atoms with Gasteiger partial charge in [-0.2, -0.15) is 17.5 Å². The van der Waals surface area contributed by atoms with Crippen LogP contribution in [0.2, 0.25) is 0 Å². The minimum atomic E-state index is -4.81. The molecule has 1 aromatic carbocycles. The quantitative estimate of drug-likeness (QED) is 0.626. The number of thiophene rings is 1. The number of hydrogen-bond donors (Lipinski definition) is 2. The summed E-state index contributed by atoms with van der Waals surface area (Å²) in [6, 6.07) is 8.55. The molecule has 0 spiro atoms. The molecule has 12 heteroatoms. The van der Waals surface area contributed by atoms with Crippen molar-refractivity contribution in [3.63, 3.8) is 0 Å². The van der Waals surface area contributed by atoms with Crippen molar-refractivity contribution in [2.24, 2.45) is 0 Å². The molecule has 33 heavy (non-hydrogen) atoms. The number of rotatable bonds is 6. The molecule has 2 aliphatic heterocycles. The van der Waals surface area contributed by atoms with Gasteiger partial charge in [0.15, 0.2) is 5.60 Å². The summed E-state index contributed by atoms with van der Waals surface area (Å²) in [5.74, 6) is 0. The fourth-order valence-corrected chi connectivity index (χ4v) is 6.82. The van der Waals surface area contributed by atoms with Gasteiger partial charge >= 0.3 is 6.18 Å². The smallest absolute Gasteiger partial charge is 0.390 e. The lowest BCUT2D eigenvalue weighted by Crippen LogP contribution is -2.62. The zero-order valence-corrected chi connectivity index (χ0v) is 19.6. The predicted octanol–water partition coefficient (Wildman–Crippen LogP) is 2.07. The lowest BCUT2D eigenvalue weighted by Gasteiger charge is -2.46. The maximum absolute atomic E-state index is 13.2. The topological polar surface area (TPSA) is 84.3 Å². The predicted molar refractivity (Wildman–Crippen MR) is 119 cm³/mol. The second-order valence-electron chi connectivity index (χ2n) is 8.63. The molecule has 0 radical (unpaired) electrons. The summed E-state index contributed by atoms with van der Waals surface area (Å²) < 4.78 is 67.3. The van der Waals surface area contributed by atoms with E-state index in [9.17, 15) is 31.8 Å². The van der Waals surface area contributed by atoms with E-state index in [0.29, 0.717) is 38.8 Å². The van der Waals surface area contributed by atoms with E-state index in [-0.39, 0.29) is 28.9 Å². The van der Waals surface area contributed by atoms with Gasteiger partial charge in [0.05, 0.1) is 12.1 Å². The van der Waals surface area contributed by atoms with Gasteiger partial charge in [0.1, 0.15) is 4.21 Å². The van der Waals surface area contributed by atoms with Crippen LogP contribution in [0.5, 0.6) is 0 Å². The Labute approximate surface area is 194 Å². The number of aliphatic hydroxyl groups excluding tert-OH is 1. The zero-order valence-electron chi connectivity index (χ0n) is 17.9. The number of hydrogen-bond acceptors (Lipinski definition) is 7. The van der Waals surface area contributed by atoms with E-state index in [1.807, 2.05) is 9.80 Å². The number of alkyl halides is 3. The third-order valence-corrected chi connectivity index (χ3v) is 9.49. The van der Waals surface area contributed by atoms with Gasteiger partial charge in [0.2, 0.25) is 0 Å². The summed E-state index contributed by atoms with van der Waals surface area (Å²) in [4.78, 5) is 4.00. The van der Waals surface area contributed by atoms with Crippen LogP contribution in [-0.4, -0.2) is 85.4 Å². The first-order valence-corrected chi connectivity index (χ1v) is 12.8. The van der Waals surface area contributed by atoms with Gasteiger partial charge in [-0.15, -0.1) is 11.3 Å². The van der Waals surface area contributed by atoms with Crippen LogP contribution in [0, 0.1) is 0 Å². The standard InChI is InChI=1S/C21H26F3N3O4S2/c1-20(29,21(22,23)24)15-4-6-16(7-5-15)27-9-8-26(33(30,31)19-3-2-10-32-19)12-17(27)11-25-13-18(28)14-25/h2-7,10,17-18,28-29H,8-9,11-14H2,1H3/t17-,20+/m0/s1. The first-order valence-electron chi connectivity index (χ1n) is 10.5. The lowest BCUT2D eigenvalue weighted by molar-refractivity contribution is -0.258. The summed E-state index contributed by atoms with van der Waals surface area (Å²) in [5, 5.41) is 21.3. The summed E-state index contributed by atoms with van der Waals surface area (Å²) in [5.41, 5.74) is -2.58. The second kappa shape index (κ2) is 8.82. The largest absolute Gasteiger partial charge is 0.421 e. The van der Waals surface area contributed by atoms with E-state index in [0.717, 1.165) is 11.3 Å². The Bertz CT molecular complexity index is 1050. The van der Waals surface area contributed by atoms with E-state index in [1.165, 1.54) is 28.6 Å². The highest BCUT2D eigenvalue weighted by molar-refractivity contribution is 7.91. The first-order chi connectivity index (χ1) is 15.4. The highest BCUT2D eigenvalue weighted by atomic mass is 32.2. The number of β-amino-alcohol motifs (C(OH)–C–C–N with tert-alkyl or cyclic N) is 1. The van der Waals surface area contributed by atoms with Crippen molar-refractivity contribution < 1.29 is 31.8 Å². The molecule has 2 atom stereocenters. The molecular weight excluding hydrogens is 479 g/mol. The minimum absolute atomic E-state index is 0.217. The van der Waals surface area contributed by atoms with E-state index >= 15 is 0 Å². The Morgan fingerprint density at radius 1 is 1.09 bits per heavy atom. The molecule has 2 aromatic rings. The number of likely N-dealkylation sites (tertiary alicyclic amines) is 1. The zero-order chi connectivity index (χ0) is 24.0. The molecular formula is C21H26F3N3O4S2. The molecule has 0 bridgehead atoms. The number of piperazine rings is 1. The molecule has 2 N–H and O–H groups in total. The van der Waals surface area contributed by atoms with Crippen molar-refractivity contribution in [2.45, 2.75) is 35.1 Å². The molecule has 0 saturated carbocycles. The molecule has 0 amide bonds. The molecule has 7 nitrogen and oxygen atoms in total. The van der Waals surface area contributed by atoms with E-state index < -0.39 is 27.9 Å². The second-order valence-corrected chi connectivity index (χ2v) is 11.7. The number of anilines is 1. The van der Waals surface area contributed by atoms with Gasteiger partial charge in [-0.3, -0.25) is 4.90 Å². The highest BCUT2D eigenvalue weighted by Gasteiger charge is 2.51.